The molecular formula is C15H24BrN3O2. The lowest BCUT2D eigenvalue weighted by atomic mass is 10.2. The number of piperazine rings is 1. The average molecular weight is 358 g/mol. The summed E-state index contributed by atoms with van der Waals surface area (Å²) in [6, 6.07) is 3.91. The van der Waals surface area contributed by atoms with Crippen LogP contribution < -0.4 is 15.2 Å². The van der Waals surface area contributed by atoms with Crippen molar-refractivity contribution in [3.05, 3.63) is 22.2 Å². The van der Waals surface area contributed by atoms with Gasteiger partial charge in [-0.3, -0.25) is 4.90 Å². The van der Waals surface area contributed by atoms with Crippen molar-refractivity contribution < 1.29 is 9.47 Å². The third-order valence-electron chi connectivity index (χ3n) is 3.77. The summed E-state index contributed by atoms with van der Waals surface area (Å²) in [7, 11) is 3.81. The highest BCUT2D eigenvalue weighted by Crippen LogP contribution is 2.36. The highest BCUT2D eigenvalue weighted by molar-refractivity contribution is 9.10. The first-order valence-corrected chi connectivity index (χ1v) is 8.03. The van der Waals surface area contributed by atoms with E-state index < -0.39 is 0 Å². The molecular weight excluding hydrogens is 334 g/mol. The molecule has 0 saturated carbocycles. The maximum Gasteiger partial charge on any atom is 0.175 e. The molecule has 118 valence electrons. The van der Waals surface area contributed by atoms with E-state index in [9.17, 15) is 0 Å². The van der Waals surface area contributed by atoms with Crippen LogP contribution >= 0.6 is 15.9 Å². The molecule has 1 aliphatic rings. The lowest BCUT2D eigenvalue weighted by Gasteiger charge is -2.32. The number of hydrogen-bond acceptors (Lipinski definition) is 5. The van der Waals surface area contributed by atoms with E-state index in [1.807, 2.05) is 12.1 Å². The van der Waals surface area contributed by atoms with Crippen LogP contribution in [0.2, 0.25) is 0 Å². The molecule has 0 bridgehead atoms. The van der Waals surface area contributed by atoms with E-state index in [0.717, 1.165) is 54.3 Å². The van der Waals surface area contributed by atoms with Crippen LogP contribution in [0.5, 0.6) is 11.5 Å². The number of hydrogen-bond donors (Lipinski definition) is 1. The number of benzene rings is 1. The fraction of sp³-hybridized carbons (Fsp3) is 0.600. The van der Waals surface area contributed by atoms with Gasteiger partial charge in [0.1, 0.15) is 6.61 Å². The molecule has 1 aliphatic heterocycles. The van der Waals surface area contributed by atoms with Crippen LogP contribution in [-0.2, 0) is 6.54 Å². The predicted molar refractivity (Wildman–Crippen MR) is 88.0 cm³/mol. The Morgan fingerprint density at radius 1 is 1.24 bits per heavy atom. The molecule has 2 N–H and O–H groups in total. The molecule has 0 aromatic heterocycles. The topological polar surface area (TPSA) is 51.0 Å². The third kappa shape index (κ3) is 4.57. The van der Waals surface area contributed by atoms with Gasteiger partial charge in [0.2, 0.25) is 0 Å². The molecule has 0 unspecified atom stereocenters. The molecule has 0 amide bonds. The highest BCUT2D eigenvalue weighted by atomic mass is 79.9. The Kier molecular flexibility index (Phi) is 6.29. The van der Waals surface area contributed by atoms with Gasteiger partial charge in [-0.1, -0.05) is 0 Å². The summed E-state index contributed by atoms with van der Waals surface area (Å²) in [5.74, 6) is 1.48. The summed E-state index contributed by atoms with van der Waals surface area (Å²) in [4.78, 5) is 4.77. The summed E-state index contributed by atoms with van der Waals surface area (Å²) in [5, 5.41) is 0. The van der Waals surface area contributed by atoms with E-state index in [-0.39, 0.29) is 0 Å². The lowest BCUT2D eigenvalue weighted by molar-refractivity contribution is 0.132. The molecule has 0 radical (unpaired) electrons. The van der Waals surface area contributed by atoms with E-state index in [2.05, 4.69) is 32.8 Å². The Labute approximate surface area is 135 Å². The van der Waals surface area contributed by atoms with Crippen LogP contribution in [0.4, 0.5) is 0 Å². The Morgan fingerprint density at radius 2 is 1.95 bits per heavy atom. The van der Waals surface area contributed by atoms with Gasteiger partial charge in [0.15, 0.2) is 11.5 Å². The molecule has 21 heavy (non-hydrogen) atoms. The Bertz CT molecular complexity index is 462. The zero-order valence-electron chi connectivity index (χ0n) is 12.8. The summed E-state index contributed by atoms with van der Waals surface area (Å²) in [5.41, 5.74) is 6.69. The second kappa shape index (κ2) is 7.98. The first-order valence-electron chi connectivity index (χ1n) is 7.24. The molecule has 1 aromatic rings. The molecule has 2 rings (SSSR count). The fourth-order valence-corrected chi connectivity index (χ4v) is 2.98. The Balaban J connectivity index is 1.90. The molecule has 0 spiro atoms. The number of nitrogens with two attached hydrogens (primary N) is 1. The SMILES string of the molecule is COc1cc(CN)cc(Br)c1OCCN1CCN(C)CC1. The molecule has 0 atom stereocenters. The first-order chi connectivity index (χ1) is 10.1. The van der Waals surface area contributed by atoms with Crippen LogP contribution in [0, 0.1) is 0 Å². The van der Waals surface area contributed by atoms with Gasteiger partial charge in [0, 0.05) is 39.3 Å². The van der Waals surface area contributed by atoms with Gasteiger partial charge >= 0.3 is 0 Å². The van der Waals surface area contributed by atoms with Gasteiger partial charge in [0.25, 0.3) is 0 Å². The van der Waals surface area contributed by atoms with E-state index in [0.29, 0.717) is 13.2 Å². The monoisotopic (exact) mass is 357 g/mol. The minimum absolute atomic E-state index is 0.483. The smallest absolute Gasteiger partial charge is 0.175 e. The van der Waals surface area contributed by atoms with Gasteiger partial charge in [0.05, 0.1) is 11.6 Å². The zero-order chi connectivity index (χ0) is 15.2. The normalized spacial score (nSPS) is 17.0. The van der Waals surface area contributed by atoms with Crippen molar-refractivity contribution in [2.75, 3.05) is 53.5 Å². The van der Waals surface area contributed by atoms with E-state index >= 15 is 0 Å². The van der Waals surface area contributed by atoms with Crippen LogP contribution in [0.1, 0.15) is 5.56 Å². The maximum absolute atomic E-state index is 5.92. The van der Waals surface area contributed by atoms with Crippen LogP contribution in [0.15, 0.2) is 16.6 Å². The molecule has 0 aliphatic carbocycles. The minimum atomic E-state index is 0.483. The van der Waals surface area contributed by atoms with Crippen molar-refractivity contribution in [3.63, 3.8) is 0 Å². The quantitative estimate of drug-likeness (QED) is 0.836. The predicted octanol–water partition coefficient (Wildman–Crippen LogP) is 1.54. The van der Waals surface area contributed by atoms with Crippen molar-refractivity contribution in [3.8, 4) is 11.5 Å². The number of rotatable bonds is 6. The Hall–Kier alpha value is -0.820. The number of ether oxygens (including phenoxy) is 2. The molecule has 1 aromatic carbocycles. The second-order valence-corrected chi connectivity index (χ2v) is 6.16. The summed E-state index contributed by atoms with van der Waals surface area (Å²) in [6.45, 7) is 6.52. The van der Waals surface area contributed by atoms with E-state index in [1.54, 1.807) is 7.11 Å². The van der Waals surface area contributed by atoms with Gasteiger partial charge in [-0.25, -0.2) is 0 Å². The zero-order valence-corrected chi connectivity index (χ0v) is 14.4. The Morgan fingerprint density at radius 3 is 2.57 bits per heavy atom. The van der Waals surface area contributed by atoms with Crippen LogP contribution in [0.25, 0.3) is 0 Å². The van der Waals surface area contributed by atoms with Gasteiger partial charge in [-0.15, -0.1) is 0 Å². The van der Waals surface area contributed by atoms with Crippen molar-refractivity contribution in [1.82, 2.24) is 9.80 Å². The van der Waals surface area contributed by atoms with Crippen molar-refractivity contribution in [2.24, 2.45) is 5.73 Å². The molecule has 5 nitrogen and oxygen atoms in total. The number of nitrogens with zero attached hydrogens (tertiary/aromatic N) is 2. The largest absolute Gasteiger partial charge is 0.493 e. The number of likely N-dealkylation sites (N-methyl/N-ethyl adjacent to an activating group) is 1. The summed E-state index contributed by atoms with van der Waals surface area (Å²) < 4.78 is 12.2. The van der Waals surface area contributed by atoms with E-state index in [4.69, 9.17) is 15.2 Å². The number of methoxy groups -OCH3 is 1. The van der Waals surface area contributed by atoms with Crippen molar-refractivity contribution in [1.29, 1.82) is 0 Å². The standard InChI is InChI=1S/C15H24BrN3O2/c1-18-3-5-19(6-4-18)7-8-21-15-13(16)9-12(11-17)10-14(15)20-2/h9-10H,3-8,11,17H2,1-2H3. The highest BCUT2D eigenvalue weighted by Gasteiger charge is 2.15. The van der Waals surface area contributed by atoms with Gasteiger partial charge < -0.3 is 20.1 Å². The number of halogens is 1. The first kappa shape index (κ1) is 16.5. The fourth-order valence-electron chi connectivity index (χ4n) is 2.38. The maximum atomic E-state index is 5.92. The molecule has 1 saturated heterocycles. The molecule has 1 fully saturated rings. The van der Waals surface area contributed by atoms with Crippen LogP contribution in [-0.4, -0.2) is 63.3 Å². The van der Waals surface area contributed by atoms with E-state index in [1.165, 1.54) is 0 Å². The molecule has 1 heterocycles. The van der Waals surface area contributed by atoms with Crippen molar-refractivity contribution in [2.45, 2.75) is 6.54 Å². The second-order valence-electron chi connectivity index (χ2n) is 5.31. The van der Waals surface area contributed by atoms with Crippen molar-refractivity contribution >= 4 is 15.9 Å². The lowest BCUT2D eigenvalue weighted by Crippen LogP contribution is -2.45. The summed E-state index contributed by atoms with van der Waals surface area (Å²) >= 11 is 3.53. The minimum Gasteiger partial charge on any atom is -0.493 e. The molecule has 6 heteroatoms. The van der Waals surface area contributed by atoms with Gasteiger partial charge in [-0.2, -0.15) is 0 Å². The third-order valence-corrected chi connectivity index (χ3v) is 4.36. The van der Waals surface area contributed by atoms with Crippen LogP contribution in [0.3, 0.4) is 0 Å². The average Bonchev–Trinajstić information content (AvgIpc) is 2.50. The summed E-state index contributed by atoms with van der Waals surface area (Å²) in [6.07, 6.45) is 0. The van der Waals surface area contributed by atoms with Gasteiger partial charge in [-0.05, 0) is 40.7 Å².